The number of hydrogen-bond acceptors (Lipinski definition) is 5. The number of nitrogens with zero attached hydrogens (tertiary/aromatic N) is 2. The number of aromatic nitrogens is 2. The molecule has 0 radical (unpaired) electrons. The summed E-state index contributed by atoms with van der Waals surface area (Å²) in [5.74, 6) is 2.49. The van der Waals surface area contributed by atoms with Crippen LogP contribution in [0.25, 0.3) is 0 Å². The third-order valence-corrected chi connectivity index (χ3v) is 3.28. The summed E-state index contributed by atoms with van der Waals surface area (Å²) >= 11 is 0. The standard InChI is InChI=1S/C15H28N4O/c1-6-9-15(5,20)10-17-14-11(4)13(16-8-3)18-12(7-2)19-14/h20H,6-10H2,1-5H3,(H2,16,17,18,19). The largest absolute Gasteiger partial charge is 0.388 e. The van der Waals surface area contributed by atoms with Gasteiger partial charge in [-0.1, -0.05) is 20.3 Å². The first-order valence-corrected chi connectivity index (χ1v) is 7.51. The van der Waals surface area contributed by atoms with Gasteiger partial charge in [0.2, 0.25) is 0 Å². The van der Waals surface area contributed by atoms with Crippen LogP contribution < -0.4 is 10.6 Å². The van der Waals surface area contributed by atoms with Gasteiger partial charge in [0, 0.05) is 25.1 Å². The molecule has 0 aromatic carbocycles. The molecule has 5 heteroatoms. The number of hydrogen-bond donors (Lipinski definition) is 3. The van der Waals surface area contributed by atoms with Crippen molar-refractivity contribution in [1.29, 1.82) is 0 Å². The van der Waals surface area contributed by atoms with E-state index in [0.717, 1.165) is 48.8 Å². The lowest BCUT2D eigenvalue weighted by atomic mass is 10.0. The maximum Gasteiger partial charge on any atom is 0.134 e. The van der Waals surface area contributed by atoms with Crippen LogP contribution in [0.15, 0.2) is 0 Å². The Morgan fingerprint density at radius 1 is 1.10 bits per heavy atom. The van der Waals surface area contributed by atoms with Crippen molar-refractivity contribution < 1.29 is 5.11 Å². The van der Waals surface area contributed by atoms with E-state index >= 15 is 0 Å². The third-order valence-electron chi connectivity index (χ3n) is 3.28. The number of nitrogens with one attached hydrogen (secondary N) is 2. The van der Waals surface area contributed by atoms with Gasteiger partial charge in [0.05, 0.1) is 5.60 Å². The lowest BCUT2D eigenvalue weighted by Crippen LogP contribution is -2.33. The van der Waals surface area contributed by atoms with Crippen molar-refractivity contribution in [2.75, 3.05) is 23.7 Å². The van der Waals surface area contributed by atoms with Crippen molar-refractivity contribution >= 4 is 11.6 Å². The van der Waals surface area contributed by atoms with Crippen LogP contribution >= 0.6 is 0 Å². The molecule has 0 bridgehead atoms. The van der Waals surface area contributed by atoms with Crippen LogP contribution in [0.5, 0.6) is 0 Å². The zero-order valence-electron chi connectivity index (χ0n) is 13.4. The van der Waals surface area contributed by atoms with E-state index < -0.39 is 5.60 Å². The van der Waals surface area contributed by atoms with E-state index in [4.69, 9.17) is 0 Å². The quantitative estimate of drug-likeness (QED) is 0.683. The number of rotatable bonds is 8. The Balaban J connectivity index is 2.90. The minimum Gasteiger partial charge on any atom is -0.388 e. The molecule has 0 amide bonds. The highest BCUT2D eigenvalue weighted by Gasteiger charge is 2.20. The molecular weight excluding hydrogens is 252 g/mol. The molecule has 1 rings (SSSR count). The van der Waals surface area contributed by atoms with Gasteiger partial charge in [-0.2, -0.15) is 0 Å². The van der Waals surface area contributed by atoms with Crippen LogP contribution in [0.1, 0.15) is 51.9 Å². The highest BCUT2D eigenvalue weighted by Crippen LogP contribution is 2.21. The minimum absolute atomic E-state index is 0.493. The summed E-state index contributed by atoms with van der Waals surface area (Å²) in [4.78, 5) is 9.02. The summed E-state index contributed by atoms with van der Waals surface area (Å²) in [6.07, 6.45) is 2.52. The fourth-order valence-corrected chi connectivity index (χ4v) is 2.13. The van der Waals surface area contributed by atoms with Gasteiger partial charge < -0.3 is 15.7 Å². The lowest BCUT2D eigenvalue weighted by Gasteiger charge is -2.24. The fourth-order valence-electron chi connectivity index (χ4n) is 2.13. The first-order chi connectivity index (χ1) is 9.43. The second-order valence-electron chi connectivity index (χ2n) is 5.45. The average molecular weight is 280 g/mol. The smallest absolute Gasteiger partial charge is 0.134 e. The molecule has 0 saturated heterocycles. The number of aliphatic hydroxyl groups is 1. The zero-order valence-corrected chi connectivity index (χ0v) is 13.4. The van der Waals surface area contributed by atoms with Crippen molar-refractivity contribution in [3.05, 3.63) is 11.4 Å². The van der Waals surface area contributed by atoms with Crippen LogP contribution in [0.2, 0.25) is 0 Å². The summed E-state index contributed by atoms with van der Waals surface area (Å²) in [5.41, 5.74) is 0.285. The van der Waals surface area contributed by atoms with E-state index in [1.54, 1.807) is 0 Å². The molecule has 0 fully saturated rings. The van der Waals surface area contributed by atoms with Crippen LogP contribution in [0, 0.1) is 6.92 Å². The van der Waals surface area contributed by atoms with Crippen LogP contribution in [-0.2, 0) is 6.42 Å². The first-order valence-electron chi connectivity index (χ1n) is 7.51. The Bertz CT molecular complexity index is 432. The van der Waals surface area contributed by atoms with Crippen LogP contribution in [0.4, 0.5) is 11.6 Å². The molecule has 1 heterocycles. The summed E-state index contributed by atoms with van der Waals surface area (Å²) in [7, 11) is 0. The summed E-state index contributed by atoms with van der Waals surface area (Å²) in [6.45, 7) is 11.3. The van der Waals surface area contributed by atoms with E-state index in [-0.39, 0.29) is 0 Å². The predicted molar refractivity (Wildman–Crippen MR) is 84.3 cm³/mol. The molecule has 0 aliphatic carbocycles. The Hall–Kier alpha value is -1.36. The van der Waals surface area contributed by atoms with E-state index in [2.05, 4.69) is 27.5 Å². The molecule has 0 aliphatic heterocycles. The maximum atomic E-state index is 10.2. The SMILES string of the molecule is CCCC(C)(O)CNc1nc(CC)nc(NCC)c1C. The molecule has 20 heavy (non-hydrogen) atoms. The van der Waals surface area contributed by atoms with E-state index in [1.807, 2.05) is 27.7 Å². The second kappa shape index (κ2) is 7.43. The van der Waals surface area contributed by atoms with Crippen molar-refractivity contribution in [3.8, 4) is 0 Å². The zero-order chi connectivity index (χ0) is 15.2. The Kier molecular flexibility index (Phi) is 6.20. The first kappa shape index (κ1) is 16.7. The molecule has 1 aromatic rings. The molecular formula is C15H28N4O. The predicted octanol–water partition coefficient (Wildman–Crippen LogP) is 2.74. The summed E-state index contributed by atoms with van der Waals surface area (Å²) < 4.78 is 0. The van der Waals surface area contributed by atoms with E-state index in [9.17, 15) is 5.11 Å². The Labute approximate surface area is 122 Å². The molecule has 3 N–H and O–H groups in total. The average Bonchev–Trinajstić information content (AvgIpc) is 2.40. The topological polar surface area (TPSA) is 70.1 Å². The monoisotopic (exact) mass is 280 g/mol. The van der Waals surface area contributed by atoms with Gasteiger partial charge in [0.25, 0.3) is 0 Å². The van der Waals surface area contributed by atoms with Gasteiger partial charge in [-0.15, -0.1) is 0 Å². The van der Waals surface area contributed by atoms with Crippen LogP contribution in [-0.4, -0.2) is 33.8 Å². The molecule has 0 spiro atoms. The highest BCUT2D eigenvalue weighted by molar-refractivity contribution is 5.57. The third kappa shape index (κ3) is 4.63. The van der Waals surface area contributed by atoms with Crippen molar-refractivity contribution in [2.45, 2.75) is 59.5 Å². The van der Waals surface area contributed by atoms with Crippen molar-refractivity contribution in [3.63, 3.8) is 0 Å². The van der Waals surface area contributed by atoms with Gasteiger partial charge in [0.15, 0.2) is 0 Å². The summed E-state index contributed by atoms with van der Waals surface area (Å²) in [5, 5.41) is 16.8. The van der Waals surface area contributed by atoms with Gasteiger partial charge >= 0.3 is 0 Å². The molecule has 5 nitrogen and oxygen atoms in total. The molecule has 0 saturated carbocycles. The lowest BCUT2D eigenvalue weighted by molar-refractivity contribution is 0.0636. The van der Waals surface area contributed by atoms with Crippen LogP contribution in [0.3, 0.4) is 0 Å². The Morgan fingerprint density at radius 3 is 2.20 bits per heavy atom. The molecule has 0 aliphatic rings. The molecule has 114 valence electrons. The van der Waals surface area contributed by atoms with Gasteiger partial charge in [-0.25, -0.2) is 9.97 Å². The molecule has 1 unspecified atom stereocenters. The van der Waals surface area contributed by atoms with Gasteiger partial charge in [0.1, 0.15) is 17.5 Å². The van der Waals surface area contributed by atoms with E-state index in [0.29, 0.717) is 6.54 Å². The number of anilines is 2. The van der Waals surface area contributed by atoms with E-state index in [1.165, 1.54) is 0 Å². The minimum atomic E-state index is -0.711. The highest BCUT2D eigenvalue weighted by atomic mass is 16.3. The van der Waals surface area contributed by atoms with Crippen molar-refractivity contribution in [1.82, 2.24) is 9.97 Å². The maximum absolute atomic E-state index is 10.2. The number of aryl methyl sites for hydroxylation is 1. The summed E-state index contributed by atoms with van der Waals surface area (Å²) in [6, 6.07) is 0. The molecule has 1 aromatic heterocycles. The van der Waals surface area contributed by atoms with Gasteiger partial charge in [-0.3, -0.25) is 0 Å². The normalized spacial score (nSPS) is 13.9. The molecule has 1 atom stereocenters. The van der Waals surface area contributed by atoms with Gasteiger partial charge in [-0.05, 0) is 27.2 Å². The van der Waals surface area contributed by atoms with Crippen molar-refractivity contribution in [2.24, 2.45) is 0 Å². The second-order valence-corrected chi connectivity index (χ2v) is 5.45. The fraction of sp³-hybridized carbons (Fsp3) is 0.733. The Morgan fingerprint density at radius 2 is 1.70 bits per heavy atom.